The number of nitrogens with zero attached hydrogens (tertiary/aromatic N) is 1. The van der Waals surface area contributed by atoms with Gasteiger partial charge in [-0.05, 0) is 25.2 Å². The smallest absolute Gasteiger partial charge is 0.371 e. The van der Waals surface area contributed by atoms with Crippen LogP contribution in [0.3, 0.4) is 0 Å². The van der Waals surface area contributed by atoms with Gasteiger partial charge in [-0.1, -0.05) is 45.9 Å². The van der Waals surface area contributed by atoms with E-state index < -0.39 is 24.8 Å². The highest BCUT2D eigenvalue weighted by Crippen LogP contribution is 2.58. The van der Waals surface area contributed by atoms with Crippen molar-refractivity contribution in [1.29, 1.82) is 0 Å². The van der Waals surface area contributed by atoms with Crippen LogP contribution in [-0.4, -0.2) is 50.6 Å². The summed E-state index contributed by atoms with van der Waals surface area (Å²) < 4.78 is 29.1. The standard InChI is InChI=1S/C18H30NO5P/c1-7-19(8-2)14-18(3,4)17(25(21,22-5)23-6)24-16(20)15-12-10-9-11-13-15/h9-13,17H,7-8,14H2,1-6H3. The van der Waals surface area contributed by atoms with Crippen LogP contribution >= 0.6 is 7.60 Å². The molecule has 0 heterocycles. The average molecular weight is 371 g/mol. The van der Waals surface area contributed by atoms with Crippen molar-refractivity contribution in [2.45, 2.75) is 33.5 Å². The predicted octanol–water partition coefficient (Wildman–Crippen LogP) is 4.02. The quantitative estimate of drug-likeness (QED) is 0.457. The third-order valence-electron chi connectivity index (χ3n) is 4.22. The van der Waals surface area contributed by atoms with Crippen molar-refractivity contribution in [2.24, 2.45) is 5.41 Å². The minimum atomic E-state index is -3.63. The Hall–Kier alpha value is -1.20. The summed E-state index contributed by atoms with van der Waals surface area (Å²) in [6.45, 7) is 10.2. The molecule has 0 fully saturated rings. The molecular weight excluding hydrogens is 341 g/mol. The van der Waals surface area contributed by atoms with Crippen LogP contribution in [0.15, 0.2) is 30.3 Å². The van der Waals surface area contributed by atoms with Crippen LogP contribution < -0.4 is 0 Å². The number of carbonyl (C=O) groups excluding carboxylic acids is 1. The summed E-state index contributed by atoms with van der Waals surface area (Å²) in [5.41, 5.74) is -0.247. The second-order valence-corrected chi connectivity index (χ2v) is 8.76. The van der Waals surface area contributed by atoms with E-state index in [0.717, 1.165) is 13.1 Å². The maximum atomic E-state index is 13.1. The van der Waals surface area contributed by atoms with Crippen LogP contribution in [0.4, 0.5) is 0 Å². The Morgan fingerprint density at radius 2 is 1.64 bits per heavy atom. The fourth-order valence-corrected chi connectivity index (χ4v) is 4.46. The van der Waals surface area contributed by atoms with Gasteiger partial charge in [-0.15, -0.1) is 0 Å². The molecule has 0 N–H and O–H groups in total. The molecule has 0 radical (unpaired) electrons. The first-order chi connectivity index (χ1) is 11.7. The number of carbonyl (C=O) groups is 1. The monoisotopic (exact) mass is 371 g/mol. The number of hydrogen-bond acceptors (Lipinski definition) is 6. The lowest BCUT2D eigenvalue weighted by atomic mass is 9.93. The van der Waals surface area contributed by atoms with Gasteiger partial charge in [0.2, 0.25) is 5.85 Å². The molecule has 0 aliphatic rings. The van der Waals surface area contributed by atoms with Crippen molar-refractivity contribution in [3.63, 3.8) is 0 Å². The highest BCUT2D eigenvalue weighted by Gasteiger charge is 2.48. The fourth-order valence-electron chi connectivity index (χ4n) is 2.76. The molecule has 1 atom stereocenters. The first-order valence-electron chi connectivity index (χ1n) is 8.43. The molecule has 1 rings (SSSR count). The summed E-state index contributed by atoms with van der Waals surface area (Å²) in [5, 5.41) is 0. The van der Waals surface area contributed by atoms with Gasteiger partial charge in [-0.25, -0.2) is 4.79 Å². The molecule has 1 aromatic carbocycles. The van der Waals surface area contributed by atoms with E-state index >= 15 is 0 Å². The molecule has 0 spiro atoms. The van der Waals surface area contributed by atoms with Gasteiger partial charge in [0.05, 0.1) is 5.56 Å². The van der Waals surface area contributed by atoms with E-state index in [1.165, 1.54) is 14.2 Å². The van der Waals surface area contributed by atoms with Gasteiger partial charge >= 0.3 is 13.6 Å². The van der Waals surface area contributed by atoms with Gasteiger partial charge in [0, 0.05) is 26.2 Å². The summed E-state index contributed by atoms with van der Waals surface area (Å²) in [7, 11) is -1.02. The van der Waals surface area contributed by atoms with Crippen molar-refractivity contribution in [3.05, 3.63) is 35.9 Å². The zero-order chi connectivity index (χ0) is 19.1. The lowest BCUT2D eigenvalue weighted by molar-refractivity contribution is 0.00150. The molecule has 0 bridgehead atoms. The van der Waals surface area contributed by atoms with E-state index in [2.05, 4.69) is 18.7 Å². The maximum absolute atomic E-state index is 13.1. The number of esters is 1. The number of hydrogen-bond donors (Lipinski definition) is 0. The Morgan fingerprint density at radius 3 is 2.08 bits per heavy atom. The summed E-state index contributed by atoms with van der Waals surface area (Å²) in [6.07, 6.45) is 0. The molecule has 0 aliphatic heterocycles. The van der Waals surface area contributed by atoms with Crippen LogP contribution in [0, 0.1) is 5.41 Å². The van der Waals surface area contributed by atoms with E-state index in [4.69, 9.17) is 13.8 Å². The molecular formula is C18H30NO5P. The molecule has 0 aliphatic carbocycles. The van der Waals surface area contributed by atoms with Crippen molar-refractivity contribution >= 4 is 13.6 Å². The molecule has 6 nitrogen and oxygen atoms in total. The predicted molar refractivity (Wildman–Crippen MR) is 98.8 cm³/mol. The topological polar surface area (TPSA) is 65.1 Å². The van der Waals surface area contributed by atoms with Crippen molar-refractivity contribution in [1.82, 2.24) is 4.90 Å². The Bertz CT molecular complexity index is 578. The Morgan fingerprint density at radius 1 is 1.12 bits per heavy atom. The second-order valence-electron chi connectivity index (χ2n) is 6.48. The molecule has 1 unspecified atom stereocenters. The first-order valence-corrected chi connectivity index (χ1v) is 10.0. The Balaban J connectivity index is 3.16. The normalized spacial score (nSPS) is 13.7. The van der Waals surface area contributed by atoms with Gasteiger partial charge < -0.3 is 18.7 Å². The second kappa shape index (κ2) is 9.48. The Kier molecular flexibility index (Phi) is 8.29. The molecule has 0 saturated carbocycles. The van der Waals surface area contributed by atoms with Crippen LogP contribution in [0.2, 0.25) is 0 Å². The highest BCUT2D eigenvalue weighted by atomic mass is 31.2. The number of ether oxygens (including phenoxy) is 1. The summed E-state index contributed by atoms with van der Waals surface area (Å²) in [4.78, 5) is 14.7. The van der Waals surface area contributed by atoms with Gasteiger partial charge in [-0.3, -0.25) is 4.57 Å². The van der Waals surface area contributed by atoms with Gasteiger partial charge in [0.15, 0.2) is 0 Å². The van der Waals surface area contributed by atoms with E-state index in [0.29, 0.717) is 12.1 Å². The number of benzene rings is 1. The molecule has 1 aromatic rings. The van der Waals surface area contributed by atoms with E-state index in [9.17, 15) is 9.36 Å². The first kappa shape index (κ1) is 21.8. The lowest BCUT2D eigenvalue weighted by Gasteiger charge is -2.39. The maximum Gasteiger partial charge on any atom is 0.371 e. The Labute approximate surface area is 151 Å². The van der Waals surface area contributed by atoms with E-state index in [1.54, 1.807) is 24.3 Å². The largest absolute Gasteiger partial charge is 0.445 e. The van der Waals surface area contributed by atoms with Crippen LogP contribution in [0.1, 0.15) is 38.1 Å². The van der Waals surface area contributed by atoms with Crippen LogP contribution in [0.5, 0.6) is 0 Å². The average Bonchev–Trinajstić information content (AvgIpc) is 2.63. The molecule has 0 amide bonds. The highest BCUT2D eigenvalue weighted by molar-refractivity contribution is 7.54. The summed E-state index contributed by atoms with van der Waals surface area (Å²) >= 11 is 0. The van der Waals surface area contributed by atoms with Crippen molar-refractivity contribution in [2.75, 3.05) is 33.9 Å². The minimum absolute atomic E-state index is 0.393. The summed E-state index contributed by atoms with van der Waals surface area (Å²) in [6, 6.07) is 8.62. The van der Waals surface area contributed by atoms with Crippen LogP contribution in [-0.2, 0) is 18.3 Å². The molecule has 7 heteroatoms. The molecule has 25 heavy (non-hydrogen) atoms. The third kappa shape index (κ3) is 5.65. The molecule has 0 aromatic heterocycles. The zero-order valence-corrected chi connectivity index (χ0v) is 16.9. The van der Waals surface area contributed by atoms with Crippen molar-refractivity contribution in [3.8, 4) is 0 Å². The van der Waals surface area contributed by atoms with Crippen LogP contribution in [0.25, 0.3) is 0 Å². The fraction of sp³-hybridized carbons (Fsp3) is 0.611. The van der Waals surface area contributed by atoms with Gasteiger partial charge in [0.25, 0.3) is 0 Å². The molecule has 142 valence electrons. The molecule has 0 saturated heterocycles. The SMILES string of the molecule is CCN(CC)CC(C)(C)C(OC(=O)c1ccccc1)P(=O)(OC)OC. The van der Waals surface area contributed by atoms with Gasteiger partial charge in [-0.2, -0.15) is 0 Å². The summed E-state index contributed by atoms with van der Waals surface area (Å²) in [5.74, 6) is -1.57. The van der Waals surface area contributed by atoms with Crippen molar-refractivity contribution < 1.29 is 23.1 Å². The third-order valence-corrected chi connectivity index (χ3v) is 6.62. The minimum Gasteiger partial charge on any atom is -0.445 e. The van der Waals surface area contributed by atoms with Gasteiger partial charge in [0.1, 0.15) is 0 Å². The lowest BCUT2D eigenvalue weighted by Crippen LogP contribution is -2.44. The van der Waals surface area contributed by atoms with E-state index in [1.807, 2.05) is 19.9 Å². The van der Waals surface area contributed by atoms with E-state index in [-0.39, 0.29) is 0 Å². The number of rotatable bonds is 10. The zero-order valence-electron chi connectivity index (χ0n) is 16.0.